The highest BCUT2D eigenvalue weighted by Crippen LogP contribution is 2.41. The Bertz CT molecular complexity index is 1710. The topological polar surface area (TPSA) is 27.1 Å². The second-order valence-electron chi connectivity index (χ2n) is 9.74. The Kier molecular flexibility index (Phi) is 6.05. The van der Waals surface area contributed by atoms with Gasteiger partial charge in [-0.2, -0.15) is 0 Å². The minimum atomic E-state index is -1.88. The maximum absolute atomic E-state index is 6.98. The summed E-state index contributed by atoms with van der Waals surface area (Å²) in [6, 6.07) is 39.7. The van der Waals surface area contributed by atoms with E-state index < -0.39 is 8.32 Å². The Labute approximate surface area is 219 Å². The average molecular weight is 501 g/mol. The maximum atomic E-state index is 6.98. The minimum absolute atomic E-state index is 0.921. The SMILES string of the molecule is CC[Si](CC)(CC)Oc1ccccc1-c1nc2c3ccccc3c3ccccc3c2n1-c1ccccc1. The second-order valence-corrected chi connectivity index (χ2v) is 14.4. The van der Waals surface area contributed by atoms with Gasteiger partial charge in [-0.3, -0.25) is 4.57 Å². The van der Waals surface area contributed by atoms with Crippen molar-refractivity contribution in [3.05, 3.63) is 103 Å². The lowest BCUT2D eigenvalue weighted by Gasteiger charge is -2.30. The van der Waals surface area contributed by atoms with Crippen molar-refractivity contribution in [1.82, 2.24) is 9.55 Å². The summed E-state index contributed by atoms with van der Waals surface area (Å²) in [6.07, 6.45) is 0. The van der Waals surface area contributed by atoms with Crippen LogP contribution in [0.5, 0.6) is 5.75 Å². The number of nitrogens with zero attached hydrogens (tertiary/aromatic N) is 2. The highest BCUT2D eigenvalue weighted by molar-refractivity contribution is 6.74. The van der Waals surface area contributed by atoms with Crippen LogP contribution in [-0.2, 0) is 0 Å². The maximum Gasteiger partial charge on any atom is 0.250 e. The normalized spacial score (nSPS) is 12.0. The zero-order chi connectivity index (χ0) is 25.4. The highest BCUT2D eigenvalue weighted by Gasteiger charge is 2.32. The van der Waals surface area contributed by atoms with Gasteiger partial charge < -0.3 is 4.43 Å². The van der Waals surface area contributed by atoms with Crippen LogP contribution in [0.4, 0.5) is 0 Å². The van der Waals surface area contributed by atoms with E-state index in [2.05, 4.69) is 128 Å². The van der Waals surface area contributed by atoms with Crippen molar-refractivity contribution in [3.63, 3.8) is 0 Å². The average Bonchev–Trinajstić information content (AvgIpc) is 3.38. The molecule has 0 radical (unpaired) electrons. The standard InChI is InChI=1S/C33H32N2OSi/c1-4-37(5-2,6-3)36-30-23-15-14-22-29(30)33-34-31-27-20-12-10-18-25(27)26-19-11-13-21-28(26)32(31)35(33)24-16-8-7-9-17-24/h7-23H,4-6H2,1-3H3. The Morgan fingerprint density at radius 1 is 0.622 bits per heavy atom. The van der Waals surface area contributed by atoms with Crippen LogP contribution < -0.4 is 4.43 Å². The van der Waals surface area contributed by atoms with E-state index in [4.69, 9.17) is 9.41 Å². The van der Waals surface area contributed by atoms with E-state index in [-0.39, 0.29) is 0 Å². The predicted octanol–water partition coefficient (Wildman–Crippen LogP) is 9.38. The fourth-order valence-corrected chi connectivity index (χ4v) is 8.23. The molecule has 1 heterocycles. The summed E-state index contributed by atoms with van der Waals surface area (Å²) in [5.74, 6) is 1.87. The molecule has 0 amide bonds. The van der Waals surface area contributed by atoms with Gasteiger partial charge in [0.2, 0.25) is 0 Å². The molecule has 4 heteroatoms. The Balaban J connectivity index is 1.74. The molecule has 6 rings (SSSR count). The van der Waals surface area contributed by atoms with E-state index in [1.165, 1.54) is 21.5 Å². The summed E-state index contributed by atoms with van der Waals surface area (Å²) in [5.41, 5.74) is 4.30. The van der Waals surface area contributed by atoms with Crippen LogP contribution in [0, 0.1) is 0 Å². The van der Waals surface area contributed by atoms with Gasteiger partial charge in [0.1, 0.15) is 11.6 Å². The molecule has 0 saturated carbocycles. The van der Waals surface area contributed by atoms with Gasteiger partial charge in [-0.05, 0) is 53.2 Å². The van der Waals surface area contributed by atoms with Crippen molar-refractivity contribution >= 4 is 40.9 Å². The molecule has 1 aromatic heterocycles. The van der Waals surface area contributed by atoms with E-state index in [9.17, 15) is 0 Å². The van der Waals surface area contributed by atoms with Crippen LogP contribution in [0.3, 0.4) is 0 Å². The molecule has 0 aliphatic carbocycles. The van der Waals surface area contributed by atoms with Gasteiger partial charge in [0.05, 0.1) is 16.6 Å². The summed E-state index contributed by atoms with van der Waals surface area (Å²) in [4.78, 5) is 5.40. The molecule has 0 saturated heterocycles. The van der Waals surface area contributed by atoms with Crippen LogP contribution in [0.15, 0.2) is 103 Å². The lowest BCUT2D eigenvalue weighted by molar-refractivity contribution is 0.533. The molecule has 6 aromatic rings. The quantitative estimate of drug-likeness (QED) is 0.161. The molecule has 0 aliphatic rings. The first kappa shape index (κ1) is 23.5. The van der Waals surface area contributed by atoms with Crippen molar-refractivity contribution in [3.8, 4) is 22.8 Å². The first-order valence-electron chi connectivity index (χ1n) is 13.4. The first-order chi connectivity index (χ1) is 18.2. The molecule has 0 bridgehead atoms. The van der Waals surface area contributed by atoms with E-state index in [0.29, 0.717) is 0 Å². The van der Waals surface area contributed by atoms with Crippen molar-refractivity contribution in [2.45, 2.75) is 38.9 Å². The lowest BCUT2D eigenvalue weighted by Crippen LogP contribution is -2.39. The van der Waals surface area contributed by atoms with Gasteiger partial charge in [0, 0.05) is 16.5 Å². The molecule has 5 aromatic carbocycles. The van der Waals surface area contributed by atoms with Gasteiger partial charge >= 0.3 is 0 Å². The van der Waals surface area contributed by atoms with Gasteiger partial charge in [-0.25, -0.2) is 4.98 Å². The number of benzene rings is 5. The van der Waals surface area contributed by atoms with Crippen molar-refractivity contribution in [2.75, 3.05) is 0 Å². The van der Waals surface area contributed by atoms with E-state index in [1.54, 1.807) is 0 Å². The third-order valence-corrected chi connectivity index (χ3v) is 12.5. The van der Waals surface area contributed by atoms with Crippen molar-refractivity contribution in [1.29, 1.82) is 0 Å². The van der Waals surface area contributed by atoms with Gasteiger partial charge in [-0.15, -0.1) is 0 Å². The Morgan fingerprint density at radius 2 is 1.16 bits per heavy atom. The van der Waals surface area contributed by atoms with E-state index in [0.717, 1.165) is 52.0 Å². The molecule has 0 N–H and O–H groups in total. The summed E-state index contributed by atoms with van der Waals surface area (Å²) >= 11 is 0. The summed E-state index contributed by atoms with van der Waals surface area (Å²) < 4.78 is 9.32. The predicted molar refractivity (Wildman–Crippen MR) is 159 cm³/mol. The number of imidazole rings is 1. The second kappa shape index (κ2) is 9.53. The minimum Gasteiger partial charge on any atom is -0.543 e. The number of para-hydroxylation sites is 2. The van der Waals surface area contributed by atoms with Gasteiger partial charge in [0.15, 0.2) is 0 Å². The number of hydrogen-bond acceptors (Lipinski definition) is 2. The number of rotatable bonds is 7. The third-order valence-electron chi connectivity index (χ3n) is 7.93. The lowest BCUT2D eigenvalue weighted by atomic mass is 10.00. The fraction of sp³-hybridized carbons (Fsp3) is 0.182. The Hall–Kier alpha value is -3.89. The van der Waals surface area contributed by atoms with Crippen LogP contribution in [-0.4, -0.2) is 17.9 Å². The number of fused-ring (bicyclic) bond motifs is 6. The van der Waals surface area contributed by atoms with Crippen LogP contribution in [0.1, 0.15) is 20.8 Å². The molecule has 0 atom stereocenters. The van der Waals surface area contributed by atoms with Gasteiger partial charge in [-0.1, -0.05) is 99.6 Å². The van der Waals surface area contributed by atoms with Crippen LogP contribution in [0.25, 0.3) is 49.7 Å². The smallest absolute Gasteiger partial charge is 0.250 e. The third kappa shape index (κ3) is 3.84. The molecular formula is C33H32N2OSi. The largest absolute Gasteiger partial charge is 0.543 e. The van der Waals surface area contributed by atoms with Gasteiger partial charge in [0.25, 0.3) is 8.32 Å². The summed E-state index contributed by atoms with van der Waals surface area (Å²) in [5, 5.41) is 4.85. The number of aromatic nitrogens is 2. The Morgan fingerprint density at radius 3 is 1.84 bits per heavy atom. The molecule has 3 nitrogen and oxygen atoms in total. The van der Waals surface area contributed by atoms with Crippen LogP contribution >= 0.6 is 0 Å². The summed E-state index contributed by atoms with van der Waals surface area (Å²) in [6.45, 7) is 6.83. The zero-order valence-corrected chi connectivity index (χ0v) is 22.7. The van der Waals surface area contributed by atoms with Crippen LogP contribution in [0.2, 0.25) is 18.1 Å². The molecule has 0 unspecified atom stereocenters. The molecule has 0 fully saturated rings. The number of hydrogen-bond donors (Lipinski definition) is 0. The van der Waals surface area contributed by atoms with E-state index >= 15 is 0 Å². The first-order valence-corrected chi connectivity index (χ1v) is 15.9. The van der Waals surface area contributed by atoms with E-state index in [1.807, 2.05) is 0 Å². The highest BCUT2D eigenvalue weighted by atomic mass is 28.4. The molecular weight excluding hydrogens is 468 g/mol. The molecule has 0 aliphatic heterocycles. The van der Waals surface area contributed by atoms with Crippen molar-refractivity contribution in [2.24, 2.45) is 0 Å². The molecule has 0 spiro atoms. The summed E-state index contributed by atoms with van der Waals surface area (Å²) in [7, 11) is -1.88. The molecule has 37 heavy (non-hydrogen) atoms. The fourth-order valence-electron chi connectivity index (χ4n) is 5.65. The monoisotopic (exact) mass is 500 g/mol. The van der Waals surface area contributed by atoms with Crippen molar-refractivity contribution < 1.29 is 4.43 Å². The zero-order valence-electron chi connectivity index (χ0n) is 21.7. The molecule has 184 valence electrons.